The van der Waals surface area contributed by atoms with Crippen molar-refractivity contribution in [3.63, 3.8) is 0 Å². The molecule has 0 aliphatic carbocycles. The number of hydrogen-bond acceptors (Lipinski definition) is 4. The summed E-state index contributed by atoms with van der Waals surface area (Å²) >= 11 is 0. The minimum absolute atomic E-state index is 0.178. The van der Waals surface area contributed by atoms with Gasteiger partial charge in [-0.15, -0.1) is 0 Å². The van der Waals surface area contributed by atoms with E-state index in [1.54, 1.807) is 7.11 Å². The van der Waals surface area contributed by atoms with Gasteiger partial charge < -0.3 is 14.7 Å². The highest BCUT2D eigenvalue weighted by Gasteiger charge is 2.40. The Morgan fingerprint density at radius 2 is 1.67 bits per heavy atom. The van der Waals surface area contributed by atoms with Crippen molar-refractivity contribution < 1.29 is 9.84 Å². The molecule has 0 radical (unpaired) electrons. The molecule has 0 saturated carbocycles. The third kappa shape index (κ3) is 5.42. The molecule has 4 nitrogen and oxygen atoms in total. The van der Waals surface area contributed by atoms with Crippen LogP contribution in [0.25, 0.3) is 0 Å². The molecule has 30 heavy (non-hydrogen) atoms. The van der Waals surface area contributed by atoms with E-state index in [0.717, 1.165) is 38.2 Å². The molecular weight excluding hydrogens is 372 g/mol. The number of piperidine rings is 1. The van der Waals surface area contributed by atoms with Crippen LogP contribution in [0, 0.1) is 5.92 Å². The van der Waals surface area contributed by atoms with Crippen molar-refractivity contribution >= 4 is 0 Å². The van der Waals surface area contributed by atoms with Gasteiger partial charge in [0.25, 0.3) is 0 Å². The summed E-state index contributed by atoms with van der Waals surface area (Å²) in [6.07, 6.45) is 5.60. The summed E-state index contributed by atoms with van der Waals surface area (Å²) in [5.74, 6) is 1.22. The lowest BCUT2D eigenvalue weighted by atomic mass is 9.95. The predicted octanol–water partition coefficient (Wildman–Crippen LogP) is 3.63. The van der Waals surface area contributed by atoms with Gasteiger partial charge in [0.1, 0.15) is 5.75 Å². The maximum absolute atomic E-state index is 11.3. The van der Waals surface area contributed by atoms with Crippen molar-refractivity contribution in [3.8, 4) is 5.75 Å². The molecular formula is C26H36N2O2. The Hall–Kier alpha value is -1.88. The van der Waals surface area contributed by atoms with Crippen molar-refractivity contribution in [1.29, 1.82) is 0 Å². The van der Waals surface area contributed by atoms with Gasteiger partial charge in [-0.3, -0.25) is 4.90 Å². The second kappa shape index (κ2) is 10.4. The number of aliphatic hydroxyl groups is 1. The normalized spacial score (nSPS) is 25.5. The molecule has 0 bridgehead atoms. The molecule has 2 aromatic carbocycles. The molecule has 1 N–H and O–H groups in total. The zero-order chi connectivity index (χ0) is 20.8. The van der Waals surface area contributed by atoms with Crippen LogP contribution < -0.4 is 4.74 Å². The van der Waals surface area contributed by atoms with Crippen LogP contribution in [0.2, 0.25) is 0 Å². The molecule has 3 atom stereocenters. The van der Waals surface area contributed by atoms with Crippen LogP contribution >= 0.6 is 0 Å². The zero-order valence-corrected chi connectivity index (χ0v) is 18.2. The van der Waals surface area contributed by atoms with Crippen LogP contribution in [0.5, 0.6) is 5.75 Å². The Bertz CT molecular complexity index is 758. The molecule has 2 aliphatic rings. The fourth-order valence-corrected chi connectivity index (χ4v) is 5.14. The van der Waals surface area contributed by atoms with E-state index in [1.807, 2.05) is 12.1 Å². The summed E-state index contributed by atoms with van der Waals surface area (Å²) in [6.45, 7) is 5.40. The van der Waals surface area contributed by atoms with Gasteiger partial charge in [-0.05, 0) is 62.0 Å². The number of ether oxygens (including phenoxy) is 1. The van der Waals surface area contributed by atoms with Crippen molar-refractivity contribution in [1.82, 2.24) is 9.80 Å². The van der Waals surface area contributed by atoms with Crippen LogP contribution in [0.3, 0.4) is 0 Å². The van der Waals surface area contributed by atoms with Crippen LogP contribution in [-0.2, 0) is 12.8 Å². The van der Waals surface area contributed by atoms with Gasteiger partial charge in [-0.25, -0.2) is 0 Å². The van der Waals surface area contributed by atoms with E-state index in [1.165, 1.54) is 43.5 Å². The number of aliphatic hydroxyl groups excluding tert-OH is 1. The first-order valence-corrected chi connectivity index (χ1v) is 11.5. The van der Waals surface area contributed by atoms with Gasteiger partial charge in [-0.1, -0.05) is 48.9 Å². The summed E-state index contributed by atoms with van der Waals surface area (Å²) in [6, 6.07) is 19.2. The highest BCUT2D eigenvalue weighted by molar-refractivity contribution is 5.28. The zero-order valence-electron chi connectivity index (χ0n) is 18.2. The first kappa shape index (κ1) is 21.4. The molecule has 4 rings (SSSR count). The van der Waals surface area contributed by atoms with Crippen LogP contribution in [0.4, 0.5) is 0 Å². The van der Waals surface area contributed by atoms with Crippen LogP contribution in [0.1, 0.15) is 30.4 Å². The van der Waals surface area contributed by atoms with E-state index in [4.69, 9.17) is 4.74 Å². The van der Waals surface area contributed by atoms with E-state index < -0.39 is 0 Å². The molecule has 4 heteroatoms. The molecule has 3 unspecified atom stereocenters. The fraction of sp³-hybridized carbons (Fsp3) is 0.538. The Kier molecular flexibility index (Phi) is 7.42. The minimum Gasteiger partial charge on any atom is -0.497 e. The van der Waals surface area contributed by atoms with E-state index in [2.05, 4.69) is 52.3 Å². The van der Waals surface area contributed by atoms with Crippen molar-refractivity contribution in [3.05, 3.63) is 65.7 Å². The summed E-state index contributed by atoms with van der Waals surface area (Å²) in [7, 11) is 1.70. The first-order valence-electron chi connectivity index (χ1n) is 11.5. The van der Waals surface area contributed by atoms with Gasteiger partial charge in [0.05, 0.1) is 13.2 Å². The van der Waals surface area contributed by atoms with Crippen molar-refractivity contribution in [2.45, 2.75) is 44.2 Å². The van der Waals surface area contributed by atoms with Gasteiger partial charge in [0.2, 0.25) is 0 Å². The molecule has 0 amide bonds. The lowest BCUT2D eigenvalue weighted by Gasteiger charge is -2.30. The summed E-state index contributed by atoms with van der Waals surface area (Å²) in [5, 5.41) is 11.3. The average molecular weight is 409 g/mol. The third-order valence-corrected chi connectivity index (χ3v) is 6.89. The number of nitrogens with zero attached hydrogens (tertiary/aromatic N) is 2. The van der Waals surface area contributed by atoms with Gasteiger partial charge in [-0.2, -0.15) is 0 Å². The molecule has 0 aromatic heterocycles. The first-order chi connectivity index (χ1) is 14.7. The summed E-state index contributed by atoms with van der Waals surface area (Å²) in [5.41, 5.74) is 2.64. The third-order valence-electron chi connectivity index (χ3n) is 6.89. The Labute approximate surface area is 181 Å². The minimum atomic E-state index is -0.273. The number of hydrogen-bond donors (Lipinski definition) is 1. The Morgan fingerprint density at radius 1 is 0.933 bits per heavy atom. The molecule has 2 heterocycles. The van der Waals surface area contributed by atoms with Crippen molar-refractivity contribution in [2.75, 3.05) is 39.8 Å². The molecule has 2 saturated heterocycles. The smallest absolute Gasteiger partial charge is 0.118 e. The van der Waals surface area contributed by atoms with E-state index in [0.29, 0.717) is 5.92 Å². The van der Waals surface area contributed by atoms with Crippen molar-refractivity contribution in [2.24, 2.45) is 5.92 Å². The molecule has 2 fully saturated rings. The van der Waals surface area contributed by atoms with Crippen LogP contribution in [-0.4, -0.2) is 66.9 Å². The Morgan fingerprint density at radius 3 is 2.37 bits per heavy atom. The molecule has 2 aliphatic heterocycles. The van der Waals surface area contributed by atoms with Gasteiger partial charge in [0, 0.05) is 31.6 Å². The fourth-order valence-electron chi connectivity index (χ4n) is 5.14. The van der Waals surface area contributed by atoms with Gasteiger partial charge in [0.15, 0.2) is 0 Å². The van der Waals surface area contributed by atoms with E-state index >= 15 is 0 Å². The second-order valence-corrected chi connectivity index (χ2v) is 8.96. The predicted molar refractivity (Wildman–Crippen MR) is 122 cm³/mol. The summed E-state index contributed by atoms with van der Waals surface area (Å²) in [4.78, 5) is 5.11. The lowest BCUT2D eigenvalue weighted by Crippen LogP contribution is -2.40. The molecule has 0 spiro atoms. The summed E-state index contributed by atoms with van der Waals surface area (Å²) < 4.78 is 5.31. The van der Waals surface area contributed by atoms with E-state index in [9.17, 15) is 5.11 Å². The van der Waals surface area contributed by atoms with Gasteiger partial charge >= 0.3 is 0 Å². The standard InChI is InChI=1S/C26H36N2O2/c1-30-24-12-10-22(11-13-24)18-25-26(29)23(19-27-15-6-3-7-16-27)20-28(25)17-14-21-8-4-2-5-9-21/h2,4-5,8-13,23,25-26,29H,3,6-7,14-20H2,1H3. The quantitative estimate of drug-likeness (QED) is 0.724. The topological polar surface area (TPSA) is 35.9 Å². The lowest BCUT2D eigenvalue weighted by molar-refractivity contribution is 0.0762. The maximum atomic E-state index is 11.3. The average Bonchev–Trinajstić information content (AvgIpc) is 3.08. The second-order valence-electron chi connectivity index (χ2n) is 8.96. The van der Waals surface area contributed by atoms with Crippen LogP contribution in [0.15, 0.2) is 54.6 Å². The highest BCUT2D eigenvalue weighted by Crippen LogP contribution is 2.29. The highest BCUT2D eigenvalue weighted by atomic mass is 16.5. The van der Waals surface area contributed by atoms with E-state index in [-0.39, 0.29) is 12.1 Å². The number of benzene rings is 2. The number of methoxy groups -OCH3 is 1. The maximum Gasteiger partial charge on any atom is 0.118 e. The largest absolute Gasteiger partial charge is 0.497 e. The SMILES string of the molecule is COc1ccc(CC2C(O)C(CN3CCCCC3)CN2CCc2ccccc2)cc1. The Balaban J connectivity index is 1.44. The molecule has 2 aromatic rings. The monoisotopic (exact) mass is 408 g/mol. The number of rotatable bonds is 8. The number of likely N-dealkylation sites (tertiary alicyclic amines) is 2. The molecule has 162 valence electrons.